The van der Waals surface area contributed by atoms with Gasteiger partial charge in [0.25, 0.3) is 0 Å². The lowest BCUT2D eigenvalue weighted by Crippen LogP contribution is -2.43. The largest absolute Gasteiger partial charge is 0.323 e. The summed E-state index contributed by atoms with van der Waals surface area (Å²) < 4.78 is 1.03. The van der Waals surface area contributed by atoms with E-state index in [1.807, 2.05) is 6.07 Å². The highest BCUT2D eigenvalue weighted by molar-refractivity contribution is 7.16. The number of hydrogen-bond donors (Lipinski definition) is 2. The smallest absolute Gasteiger partial charge is 0.224 e. The zero-order chi connectivity index (χ0) is 12.5. The lowest BCUT2D eigenvalue weighted by Gasteiger charge is -2.26. The number of aromatic nitrogens is 1. The summed E-state index contributed by atoms with van der Waals surface area (Å²) in [6.07, 6.45) is 0.532. The quantitative estimate of drug-likeness (QED) is 0.909. The molecule has 3 rings (SSSR count). The third kappa shape index (κ3) is 2.21. The number of carbonyl (C=O) groups excluding carboxylic acids is 1. The fraction of sp³-hybridized carbons (Fsp3) is 0.333. The third-order valence-electron chi connectivity index (χ3n) is 3.06. The summed E-state index contributed by atoms with van der Waals surface area (Å²) >= 11 is 7.66. The summed E-state index contributed by atoms with van der Waals surface area (Å²) in [4.78, 5) is 16.2. The Labute approximate surface area is 113 Å². The second kappa shape index (κ2) is 4.84. The molecule has 2 aromatic rings. The molecule has 1 saturated heterocycles. The van der Waals surface area contributed by atoms with E-state index in [9.17, 15) is 4.79 Å². The standard InChI is InChI=1S/C12H12ClN3OS/c13-8-1-2-9-12(15-6-18-9)11(8)16-10(17)3-7-4-14-5-7/h1-2,6-7,14H,3-5H2,(H,16,17). The lowest BCUT2D eigenvalue weighted by molar-refractivity contribution is -0.117. The summed E-state index contributed by atoms with van der Waals surface area (Å²) in [6, 6.07) is 3.71. The molecule has 94 valence electrons. The van der Waals surface area contributed by atoms with Gasteiger partial charge in [-0.05, 0) is 31.1 Å². The van der Waals surface area contributed by atoms with Crippen LogP contribution in [0.4, 0.5) is 5.69 Å². The number of anilines is 1. The van der Waals surface area contributed by atoms with Crippen LogP contribution in [-0.4, -0.2) is 24.0 Å². The topological polar surface area (TPSA) is 54.0 Å². The van der Waals surface area contributed by atoms with Gasteiger partial charge in [-0.15, -0.1) is 11.3 Å². The fourth-order valence-electron chi connectivity index (χ4n) is 1.97. The minimum atomic E-state index is 0.00361. The second-order valence-corrected chi connectivity index (χ2v) is 5.69. The van der Waals surface area contributed by atoms with Gasteiger partial charge < -0.3 is 10.6 Å². The highest BCUT2D eigenvalue weighted by Gasteiger charge is 2.21. The first kappa shape index (κ1) is 11.9. The van der Waals surface area contributed by atoms with Crippen molar-refractivity contribution in [1.82, 2.24) is 10.3 Å². The predicted octanol–water partition coefficient (Wildman–Crippen LogP) is 2.50. The summed E-state index contributed by atoms with van der Waals surface area (Å²) in [7, 11) is 0. The minimum Gasteiger partial charge on any atom is -0.323 e. The lowest BCUT2D eigenvalue weighted by atomic mass is 9.99. The van der Waals surface area contributed by atoms with Crippen molar-refractivity contribution in [3.05, 3.63) is 22.7 Å². The Kier molecular flexibility index (Phi) is 3.20. The number of nitrogens with one attached hydrogen (secondary N) is 2. The van der Waals surface area contributed by atoms with Crippen molar-refractivity contribution < 1.29 is 4.79 Å². The van der Waals surface area contributed by atoms with Gasteiger partial charge in [0.1, 0.15) is 5.52 Å². The summed E-state index contributed by atoms with van der Waals surface area (Å²) in [5.74, 6) is 0.447. The highest BCUT2D eigenvalue weighted by atomic mass is 35.5. The van der Waals surface area contributed by atoms with Crippen molar-refractivity contribution in [3.63, 3.8) is 0 Å². The molecule has 1 aromatic carbocycles. The molecule has 4 nitrogen and oxygen atoms in total. The maximum absolute atomic E-state index is 11.9. The maximum atomic E-state index is 11.9. The number of benzene rings is 1. The first-order valence-electron chi connectivity index (χ1n) is 5.76. The van der Waals surface area contributed by atoms with Crippen LogP contribution < -0.4 is 10.6 Å². The van der Waals surface area contributed by atoms with E-state index < -0.39 is 0 Å². The van der Waals surface area contributed by atoms with E-state index in [0.29, 0.717) is 23.0 Å². The molecule has 0 unspecified atom stereocenters. The van der Waals surface area contributed by atoms with Crippen molar-refractivity contribution in [2.24, 2.45) is 5.92 Å². The van der Waals surface area contributed by atoms with Crippen LogP contribution in [0.1, 0.15) is 6.42 Å². The zero-order valence-electron chi connectivity index (χ0n) is 9.57. The average Bonchev–Trinajstić information content (AvgIpc) is 2.76. The molecule has 1 aromatic heterocycles. The van der Waals surface area contributed by atoms with E-state index in [2.05, 4.69) is 15.6 Å². The SMILES string of the molecule is O=C(CC1CNC1)Nc1c(Cl)ccc2scnc12. The Bertz CT molecular complexity index is 594. The van der Waals surface area contributed by atoms with E-state index in [0.717, 1.165) is 23.3 Å². The van der Waals surface area contributed by atoms with Gasteiger partial charge in [0.15, 0.2) is 0 Å². The van der Waals surface area contributed by atoms with Gasteiger partial charge in [-0.3, -0.25) is 4.79 Å². The number of amides is 1. The molecule has 1 fully saturated rings. The molecule has 2 N–H and O–H groups in total. The Hall–Kier alpha value is -1.17. The van der Waals surface area contributed by atoms with Gasteiger partial charge in [-0.1, -0.05) is 11.6 Å². The maximum Gasteiger partial charge on any atom is 0.224 e. The molecule has 0 bridgehead atoms. The van der Waals surface area contributed by atoms with E-state index in [1.165, 1.54) is 11.3 Å². The Morgan fingerprint density at radius 1 is 1.56 bits per heavy atom. The van der Waals surface area contributed by atoms with Crippen LogP contribution in [0.5, 0.6) is 0 Å². The summed E-state index contributed by atoms with van der Waals surface area (Å²) in [5, 5.41) is 6.57. The van der Waals surface area contributed by atoms with Gasteiger partial charge in [-0.25, -0.2) is 4.98 Å². The van der Waals surface area contributed by atoms with Gasteiger partial charge >= 0.3 is 0 Å². The first-order valence-corrected chi connectivity index (χ1v) is 7.02. The number of fused-ring (bicyclic) bond motifs is 1. The molecule has 18 heavy (non-hydrogen) atoms. The van der Waals surface area contributed by atoms with Crippen LogP contribution in [0.2, 0.25) is 5.02 Å². The van der Waals surface area contributed by atoms with E-state index in [1.54, 1.807) is 11.6 Å². The molecule has 0 radical (unpaired) electrons. The fourth-order valence-corrected chi connectivity index (χ4v) is 2.86. The Morgan fingerprint density at radius 3 is 3.11 bits per heavy atom. The molecule has 0 aliphatic carbocycles. The van der Waals surface area contributed by atoms with E-state index in [-0.39, 0.29) is 5.91 Å². The molecule has 1 aliphatic heterocycles. The second-order valence-electron chi connectivity index (χ2n) is 4.40. The molecule has 0 saturated carbocycles. The summed E-state index contributed by atoms with van der Waals surface area (Å²) in [5.41, 5.74) is 3.16. The monoisotopic (exact) mass is 281 g/mol. The molecule has 1 amide bonds. The molecule has 1 aliphatic rings. The summed E-state index contributed by atoms with van der Waals surface area (Å²) in [6.45, 7) is 1.84. The Balaban J connectivity index is 1.82. The number of carbonyl (C=O) groups is 1. The van der Waals surface area contributed by atoms with Crippen LogP contribution in [0.25, 0.3) is 10.2 Å². The predicted molar refractivity (Wildman–Crippen MR) is 74.2 cm³/mol. The van der Waals surface area contributed by atoms with Gasteiger partial charge in [0.2, 0.25) is 5.91 Å². The molecular formula is C12H12ClN3OS. The van der Waals surface area contributed by atoms with Crippen molar-refractivity contribution in [2.75, 3.05) is 18.4 Å². The van der Waals surface area contributed by atoms with E-state index in [4.69, 9.17) is 11.6 Å². The van der Waals surface area contributed by atoms with Crippen molar-refractivity contribution in [1.29, 1.82) is 0 Å². The minimum absolute atomic E-state index is 0.00361. The highest BCUT2D eigenvalue weighted by Crippen LogP contribution is 2.32. The van der Waals surface area contributed by atoms with Crippen LogP contribution in [0.15, 0.2) is 17.6 Å². The van der Waals surface area contributed by atoms with Crippen molar-refractivity contribution in [2.45, 2.75) is 6.42 Å². The molecule has 0 atom stereocenters. The van der Waals surface area contributed by atoms with Crippen LogP contribution in [-0.2, 0) is 4.79 Å². The molecule has 0 spiro atoms. The van der Waals surface area contributed by atoms with Crippen molar-refractivity contribution in [3.8, 4) is 0 Å². The zero-order valence-corrected chi connectivity index (χ0v) is 11.1. The van der Waals surface area contributed by atoms with Gasteiger partial charge in [0.05, 0.1) is 20.9 Å². The average molecular weight is 282 g/mol. The molecule has 6 heteroatoms. The number of thiazole rings is 1. The first-order chi connectivity index (χ1) is 8.74. The number of nitrogens with zero attached hydrogens (tertiary/aromatic N) is 1. The number of halogens is 1. The van der Waals surface area contributed by atoms with Crippen molar-refractivity contribution >= 4 is 44.7 Å². The van der Waals surface area contributed by atoms with Crippen LogP contribution >= 0.6 is 22.9 Å². The number of rotatable bonds is 3. The molecular weight excluding hydrogens is 270 g/mol. The number of hydrogen-bond acceptors (Lipinski definition) is 4. The van der Waals surface area contributed by atoms with Crippen LogP contribution in [0.3, 0.4) is 0 Å². The Morgan fingerprint density at radius 2 is 2.39 bits per heavy atom. The normalized spacial score (nSPS) is 15.6. The van der Waals surface area contributed by atoms with Gasteiger partial charge in [-0.2, -0.15) is 0 Å². The van der Waals surface area contributed by atoms with E-state index >= 15 is 0 Å². The van der Waals surface area contributed by atoms with Gasteiger partial charge in [0, 0.05) is 6.42 Å². The third-order valence-corrected chi connectivity index (χ3v) is 4.17. The molecule has 2 heterocycles. The van der Waals surface area contributed by atoms with Crippen LogP contribution in [0, 0.1) is 5.92 Å².